The summed E-state index contributed by atoms with van der Waals surface area (Å²) in [4.78, 5) is 22.0. The van der Waals surface area contributed by atoms with E-state index in [9.17, 15) is 9.59 Å². The van der Waals surface area contributed by atoms with Gasteiger partial charge >= 0.3 is 5.97 Å². The van der Waals surface area contributed by atoms with Crippen molar-refractivity contribution in [2.45, 2.75) is 71.7 Å². The third-order valence-corrected chi connectivity index (χ3v) is 6.45. The van der Waals surface area contributed by atoms with E-state index in [0.29, 0.717) is 12.3 Å². The fourth-order valence-corrected chi connectivity index (χ4v) is 4.14. The van der Waals surface area contributed by atoms with Crippen molar-refractivity contribution in [1.82, 2.24) is 16.0 Å². The van der Waals surface area contributed by atoms with Gasteiger partial charge in [-0.3, -0.25) is 14.6 Å². The number of nitrogens with one attached hydrogen (secondary N) is 2. The summed E-state index contributed by atoms with van der Waals surface area (Å²) >= 11 is 0. The third kappa shape index (κ3) is 7.92. The molecule has 4 atom stereocenters. The number of benzene rings is 1. The number of nitrogens with two attached hydrogens (primary N) is 1. The van der Waals surface area contributed by atoms with Crippen LogP contribution in [0.2, 0.25) is 0 Å². The number of carbonyl (C=O) groups excluding carboxylic acids is 2. The topological polar surface area (TPSA) is 115 Å². The van der Waals surface area contributed by atoms with Gasteiger partial charge in [-0.25, -0.2) is 0 Å². The summed E-state index contributed by atoms with van der Waals surface area (Å²) in [7, 11) is 0. The smallest absolute Gasteiger partial charge is 0.302 e. The van der Waals surface area contributed by atoms with Crippen LogP contribution < -0.4 is 21.4 Å². The molecule has 1 aromatic carbocycles. The predicted molar refractivity (Wildman–Crippen MR) is 129 cm³/mol. The highest BCUT2D eigenvalue weighted by molar-refractivity contribution is 5.73. The number of carbonyl (C=O) groups is 2. The van der Waals surface area contributed by atoms with Crippen molar-refractivity contribution in [3.05, 3.63) is 36.0 Å². The first-order valence-electron chi connectivity index (χ1n) is 12.2. The van der Waals surface area contributed by atoms with Gasteiger partial charge in [0.1, 0.15) is 12.4 Å². The van der Waals surface area contributed by atoms with Crippen LogP contribution in [0.4, 0.5) is 0 Å². The largest absolute Gasteiger partial charge is 0.465 e. The Kier molecular flexibility index (Phi) is 9.59. The molecular formula is C25H38N4O5. The van der Waals surface area contributed by atoms with Gasteiger partial charge < -0.3 is 25.4 Å². The number of nitrogens with zero attached hydrogens (tertiary/aromatic N) is 1. The summed E-state index contributed by atoms with van der Waals surface area (Å²) < 4.78 is 17.3. The minimum absolute atomic E-state index is 0.176. The van der Waals surface area contributed by atoms with E-state index in [0.717, 1.165) is 55.7 Å². The molecule has 3 rings (SSSR count). The third-order valence-electron chi connectivity index (χ3n) is 6.45. The van der Waals surface area contributed by atoms with Crippen molar-refractivity contribution >= 4 is 17.6 Å². The molecular weight excluding hydrogens is 436 g/mol. The summed E-state index contributed by atoms with van der Waals surface area (Å²) in [6.45, 7) is 6.82. The Morgan fingerprint density at radius 2 is 1.88 bits per heavy atom. The lowest BCUT2D eigenvalue weighted by Gasteiger charge is -2.38. The Hall–Kier alpha value is -2.78. The molecule has 1 aromatic rings. The Balaban J connectivity index is 1.46. The second kappa shape index (κ2) is 12.6. The number of hydrazine groups is 2. The van der Waals surface area contributed by atoms with E-state index in [-0.39, 0.29) is 36.8 Å². The van der Waals surface area contributed by atoms with Crippen LogP contribution in [0.5, 0.6) is 5.75 Å². The number of rotatable bonds is 12. The van der Waals surface area contributed by atoms with E-state index in [1.165, 1.54) is 6.92 Å². The molecule has 2 aliphatic heterocycles. The fourth-order valence-electron chi connectivity index (χ4n) is 4.14. The van der Waals surface area contributed by atoms with Gasteiger partial charge in [0.2, 0.25) is 12.2 Å². The highest BCUT2D eigenvalue weighted by Crippen LogP contribution is 2.32. The minimum Gasteiger partial charge on any atom is -0.465 e. The van der Waals surface area contributed by atoms with Crippen LogP contribution >= 0.6 is 0 Å². The minimum atomic E-state index is -0.374. The van der Waals surface area contributed by atoms with Gasteiger partial charge in [0.15, 0.2) is 0 Å². The molecule has 1 amide bonds. The first-order chi connectivity index (χ1) is 16.3. The quantitative estimate of drug-likeness (QED) is 0.313. The monoisotopic (exact) mass is 474 g/mol. The molecule has 2 unspecified atom stereocenters. The lowest BCUT2D eigenvalue weighted by atomic mass is 9.86. The van der Waals surface area contributed by atoms with Gasteiger partial charge in [-0.05, 0) is 48.9 Å². The van der Waals surface area contributed by atoms with Crippen molar-refractivity contribution in [3.63, 3.8) is 0 Å². The molecule has 2 heterocycles. The summed E-state index contributed by atoms with van der Waals surface area (Å²) in [5, 5.41) is 2.02. The molecule has 0 aliphatic carbocycles. The van der Waals surface area contributed by atoms with Crippen LogP contribution in [0.3, 0.4) is 0 Å². The van der Waals surface area contributed by atoms with E-state index in [1.807, 2.05) is 35.5 Å². The molecule has 0 saturated carbocycles. The first-order valence-corrected chi connectivity index (χ1v) is 12.2. The van der Waals surface area contributed by atoms with Crippen molar-refractivity contribution in [2.24, 2.45) is 17.6 Å². The van der Waals surface area contributed by atoms with Crippen LogP contribution in [0.25, 0.3) is 5.70 Å². The molecule has 0 radical (unpaired) electrons. The van der Waals surface area contributed by atoms with E-state index in [4.69, 9.17) is 19.9 Å². The van der Waals surface area contributed by atoms with Gasteiger partial charge in [-0.2, -0.15) is 0 Å². The van der Waals surface area contributed by atoms with Gasteiger partial charge in [0.05, 0.1) is 11.8 Å². The Labute approximate surface area is 201 Å². The number of hydrogen-bond acceptors (Lipinski definition) is 8. The molecule has 0 spiro atoms. The predicted octanol–water partition coefficient (Wildman–Crippen LogP) is 3.07. The Bertz CT molecular complexity index is 844. The number of primary amides is 1. The Morgan fingerprint density at radius 3 is 2.59 bits per heavy atom. The SMILES string of the molecule is CC(=O)OCC1O[C@H](Oc2ccc(C3=CN(CCCCCCC(N)=O)NN3)cc2)CC(C)[C@@H]1C. The second-order valence-corrected chi connectivity index (χ2v) is 9.22. The van der Waals surface area contributed by atoms with Gasteiger partial charge in [0, 0.05) is 38.1 Å². The van der Waals surface area contributed by atoms with Gasteiger partial charge in [-0.15, -0.1) is 5.53 Å². The summed E-state index contributed by atoms with van der Waals surface area (Å²) in [6.07, 6.45) is 6.70. The van der Waals surface area contributed by atoms with Crippen LogP contribution in [0.15, 0.2) is 30.5 Å². The first kappa shape index (κ1) is 25.8. The average molecular weight is 475 g/mol. The van der Waals surface area contributed by atoms with Crippen LogP contribution in [0.1, 0.15) is 64.9 Å². The number of ether oxygens (including phenoxy) is 3. The van der Waals surface area contributed by atoms with E-state index in [2.05, 4.69) is 24.8 Å². The zero-order chi connectivity index (χ0) is 24.5. The molecule has 9 nitrogen and oxygen atoms in total. The van der Waals surface area contributed by atoms with Crippen LogP contribution in [-0.4, -0.2) is 42.4 Å². The molecule has 1 fully saturated rings. The zero-order valence-corrected chi connectivity index (χ0v) is 20.4. The van der Waals surface area contributed by atoms with Crippen LogP contribution in [0, 0.1) is 11.8 Å². The normalized spacial score (nSPS) is 24.3. The van der Waals surface area contributed by atoms with E-state index >= 15 is 0 Å². The maximum Gasteiger partial charge on any atom is 0.302 e. The fraction of sp³-hybridized carbons (Fsp3) is 0.600. The molecule has 9 heteroatoms. The average Bonchev–Trinajstić information content (AvgIpc) is 3.26. The molecule has 34 heavy (non-hydrogen) atoms. The lowest BCUT2D eigenvalue weighted by molar-refractivity contribution is -0.198. The maximum atomic E-state index is 11.2. The number of esters is 1. The van der Waals surface area contributed by atoms with E-state index in [1.54, 1.807) is 0 Å². The van der Waals surface area contributed by atoms with Crippen LogP contribution in [-0.2, 0) is 19.1 Å². The highest BCUT2D eigenvalue weighted by Gasteiger charge is 2.35. The molecule has 2 aliphatic rings. The summed E-state index contributed by atoms with van der Waals surface area (Å²) in [5.41, 5.74) is 13.6. The zero-order valence-electron chi connectivity index (χ0n) is 20.4. The maximum absolute atomic E-state index is 11.2. The number of hydrogen-bond donors (Lipinski definition) is 3. The number of amides is 1. The van der Waals surface area contributed by atoms with Crippen molar-refractivity contribution in [3.8, 4) is 5.75 Å². The van der Waals surface area contributed by atoms with Gasteiger partial charge in [-0.1, -0.05) is 26.7 Å². The standard InChI is InChI=1S/C25H38N4O5/c1-17-14-25(34-23(18(17)2)16-32-19(3)30)33-21-11-9-20(10-12-21)22-15-29(28-27-22)13-7-5-4-6-8-24(26)31/h9-12,15,17-18,23,25,27-28H,4-8,13-14,16H2,1-3H3,(H2,26,31)/t17?,18-,23?,25-/m0/s1. The summed E-state index contributed by atoms with van der Waals surface area (Å²) in [6, 6.07) is 7.89. The summed E-state index contributed by atoms with van der Waals surface area (Å²) in [5.74, 6) is 0.888. The second-order valence-electron chi connectivity index (χ2n) is 9.22. The number of unbranched alkanes of at least 4 members (excludes halogenated alkanes) is 3. The van der Waals surface area contributed by atoms with Crippen molar-refractivity contribution in [2.75, 3.05) is 13.2 Å². The van der Waals surface area contributed by atoms with Gasteiger partial charge in [0.25, 0.3) is 0 Å². The Morgan fingerprint density at radius 1 is 1.15 bits per heavy atom. The van der Waals surface area contributed by atoms with E-state index < -0.39 is 0 Å². The molecule has 4 N–H and O–H groups in total. The molecule has 0 aromatic heterocycles. The molecule has 188 valence electrons. The molecule has 0 bridgehead atoms. The lowest BCUT2D eigenvalue weighted by Crippen LogP contribution is -2.43. The molecule has 1 saturated heterocycles. The van der Waals surface area contributed by atoms with Crippen molar-refractivity contribution < 1.29 is 23.8 Å². The van der Waals surface area contributed by atoms with Crippen molar-refractivity contribution in [1.29, 1.82) is 0 Å². The highest BCUT2D eigenvalue weighted by atomic mass is 16.7.